The fourth-order valence-electron chi connectivity index (χ4n) is 3.65. The quantitative estimate of drug-likeness (QED) is 0.362. The molecule has 0 aliphatic rings. The van der Waals surface area contributed by atoms with Gasteiger partial charge in [0.25, 0.3) is 0 Å². The summed E-state index contributed by atoms with van der Waals surface area (Å²) in [6.45, 7) is 3.67. The predicted molar refractivity (Wildman–Crippen MR) is 128 cm³/mol. The molecule has 0 bridgehead atoms. The number of aliphatic carboxylic acids is 1. The van der Waals surface area contributed by atoms with Crippen LogP contribution in [-0.4, -0.2) is 36.6 Å². The van der Waals surface area contributed by atoms with Gasteiger partial charge in [0, 0.05) is 36.5 Å². The topological polar surface area (TPSA) is 89.9 Å². The highest BCUT2D eigenvalue weighted by molar-refractivity contribution is 5.83. The van der Waals surface area contributed by atoms with Crippen molar-refractivity contribution in [1.82, 2.24) is 4.98 Å². The maximum absolute atomic E-state index is 12.5. The van der Waals surface area contributed by atoms with E-state index in [0.29, 0.717) is 28.3 Å². The van der Waals surface area contributed by atoms with Crippen molar-refractivity contribution in [2.45, 2.75) is 38.8 Å². The van der Waals surface area contributed by atoms with Gasteiger partial charge in [0.15, 0.2) is 0 Å². The van der Waals surface area contributed by atoms with Gasteiger partial charge in [-0.15, -0.1) is 13.2 Å². The summed E-state index contributed by atoms with van der Waals surface area (Å²) in [5.41, 5.74) is 2.05. The molecule has 1 aromatic heterocycles. The number of pyridine rings is 1. The molecule has 0 aliphatic heterocycles. The van der Waals surface area contributed by atoms with Gasteiger partial charge >= 0.3 is 12.3 Å². The van der Waals surface area contributed by atoms with E-state index in [1.54, 1.807) is 45.4 Å². The van der Waals surface area contributed by atoms with Gasteiger partial charge in [-0.2, -0.15) is 0 Å². The molecule has 3 aromatic rings. The minimum Gasteiger partial charge on any atom is -0.496 e. The molecule has 0 radical (unpaired) electrons. The summed E-state index contributed by atoms with van der Waals surface area (Å²) >= 11 is 0. The third-order valence-electron chi connectivity index (χ3n) is 5.58. The molecule has 0 saturated carbocycles. The van der Waals surface area contributed by atoms with Crippen LogP contribution in [0.2, 0.25) is 0 Å². The molecule has 0 aliphatic carbocycles. The lowest BCUT2D eigenvalue weighted by molar-refractivity contribution is -0.274. The number of carbonyl (C=O) groups is 1. The van der Waals surface area contributed by atoms with E-state index in [1.807, 2.05) is 12.1 Å². The summed E-state index contributed by atoms with van der Waals surface area (Å²) in [6, 6.07) is 12.9. The Morgan fingerprint density at radius 2 is 1.81 bits per heavy atom. The van der Waals surface area contributed by atoms with Crippen molar-refractivity contribution in [3.8, 4) is 22.6 Å². The SMILES string of the molecule is COCc1cc(-c2ccc(NCc3cccc(OC(F)(F)F)c3)nc2)cc(C(C)(C)C(=O)O)c1OC. The number of ether oxygens (including phenoxy) is 3. The van der Waals surface area contributed by atoms with Crippen molar-refractivity contribution >= 4 is 11.8 Å². The average molecular weight is 505 g/mol. The van der Waals surface area contributed by atoms with Gasteiger partial charge in [-0.3, -0.25) is 4.79 Å². The smallest absolute Gasteiger partial charge is 0.496 e. The Labute approximate surface area is 206 Å². The number of nitrogens with zero attached hydrogens (tertiary/aromatic N) is 1. The monoisotopic (exact) mass is 504 g/mol. The number of anilines is 1. The van der Waals surface area contributed by atoms with Gasteiger partial charge in [0.05, 0.1) is 19.1 Å². The summed E-state index contributed by atoms with van der Waals surface area (Å²) in [4.78, 5) is 16.4. The summed E-state index contributed by atoms with van der Waals surface area (Å²) in [7, 11) is 3.03. The molecule has 0 unspecified atom stereocenters. The van der Waals surface area contributed by atoms with Crippen LogP contribution < -0.4 is 14.8 Å². The molecule has 192 valence electrons. The lowest BCUT2D eigenvalue weighted by Crippen LogP contribution is -2.29. The third kappa shape index (κ3) is 6.45. The number of rotatable bonds is 10. The van der Waals surface area contributed by atoms with E-state index in [1.165, 1.54) is 25.3 Å². The number of methoxy groups -OCH3 is 2. The number of hydrogen-bond donors (Lipinski definition) is 2. The minimum absolute atomic E-state index is 0.226. The zero-order chi connectivity index (χ0) is 26.5. The fraction of sp³-hybridized carbons (Fsp3) is 0.308. The van der Waals surface area contributed by atoms with Crippen molar-refractivity contribution in [3.63, 3.8) is 0 Å². The van der Waals surface area contributed by atoms with E-state index in [2.05, 4.69) is 15.0 Å². The average Bonchev–Trinajstić information content (AvgIpc) is 2.82. The highest BCUT2D eigenvalue weighted by Gasteiger charge is 2.34. The maximum Gasteiger partial charge on any atom is 0.573 e. The van der Waals surface area contributed by atoms with Crippen LogP contribution in [0.25, 0.3) is 11.1 Å². The lowest BCUT2D eigenvalue weighted by atomic mass is 9.81. The second-order valence-corrected chi connectivity index (χ2v) is 8.56. The highest BCUT2D eigenvalue weighted by atomic mass is 19.4. The summed E-state index contributed by atoms with van der Waals surface area (Å²) in [6.07, 6.45) is -3.13. The lowest BCUT2D eigenvalue weighted by Gasteiger charge is -2.25. The Bertz CT molecular complexity index is 1210. The van der Waals surface area contributed by atoms with Crippen LogP contribution in [0.5, 0.6) is 11.5 Å². The normalized spacial score (nSPS) is 11.8. The van der Waals surface area contributed by atoms with Gasteiger partial charge in [0.1, 0.15) is 17.3 Å². The number of carboxylic acid groups (broad SMARTS) is 1. The molecule has 0 fully saturated rings. The zero-order valence-electron chi connectivity index (χ0n) is 20.3. The van der Waals surface area contributed by atoms with Crippen LogP contribution >= 0.6 is 0 Å². The number of halogens is 3. The summed E-state index contributed by atoms with van der Waals surface area (Å²) in [5, 5.41) is 12.9. The van der Waals surface area contributed by atoms with Crippen molar-refractivity contribution < 1.29 is 37.3 Å². The van der Waals surface area contributed by atoms with E-state index in [0.717, 1.165) is 11.1 Å². The van der Waals surface area contributed by atoms with E-state index < -0.39 is 17.7 Å². The van der Waals surface area contributed by atoms with Gasteiger partial charge < -0.3 is 24.6 Å². The molecule has 0 atom stereocenters. The number of benzene rings is 2. The molecule has 2 aromatic carbocycles. The number of hydrogen-bond acceptors (Lipinski definition) is 6. The Morgan fingerprint density at radius 1 is 1.06 bits per heavy atom. The van der Waals surface area contributed by atoms with Crippen molar-refractivity contribution in [2.24, 2.45) is 0 Å². The molecular formula is C26H27F3N2O5. The Morgan fingerprint density at radius 3 is 2.39 bits per heavy atom. The second kappa shape index (κ2) is 10.9. The standard InChI is InChI=1S/C26H27F3N2O5/c1-25(2,24(32)33)21-12-18(11-19(15-34-3)23(21)35-4)17-8-9-22(31-14-17)30-13-16-6-5-7-20(10-16)36-26(27,28)29/h5-12,14H,13,15H2,1-4H3,(H,30,31)(H,32,33). The predicted octanol–water partition coefficient (Wildman–Crippen LogP) is 5.78. The van der Waals surface area contributed by atoms with Crippen LogP contribution in [0.15, 0.2) is 54.7 Å². The van der Waals surface area contributed by atoms with Gasteiger partial charge in [-0.05, 0) is 61.4 Å². The molecule has 36 heavy (non-hydrogen) atoms. The van der Waals surface area contributed by atoms with E-state index in [4.69, 9.17) is 9.47 Å². The molecule has 0 saturated heterocycles. The molecule has 1 heterocycles. The number of alkyl halides is 3. The van der Waals surface area contributed by atoms with E-state index in [9.17, 15) is 23.1 Å². The number of carboxylic acids is 1. The maximum atomic E-state index is 12.5. The van der Waals surface area contributed by atoms with E-state index >= 15 is 0 Å². The van der Waals surface area contributed by atoms with Crippen LogP contribution in [0.3, 0.4) is 0 Å². The third-order valence-corrected chi connectivity index (χ3v) is 5.58. The van der Waals surface area contributed by atoms with Crippen LogP contribution in [-0.2, 0) is 28.1 Å². The Kier molecular flexibility index (Phi) is 8.09. The van der Waals surface area contributed by atoms with E-state index in [-0.39, 0.29) is 18.9 Å². The molecule has 10 heteroatoms. The first-order chi connectivity index (χ1) is 16.9. The molecule has 2 N–H and O–H groups in total. The summed E-state index contributed by atoms with van der Waals surface area (Å²) in [5.74, 6) is -0.325. The molecule has 0 amide bonds. The largest absolute Gasteiger partial charge is 0.573 e. The van der Waals surface area contributed by atoms with Crippen LogP contribution in [0.1, 0.15) is 30.5 Å². The summed E-state index contributed by atoms with van der Waals surface area (Å²) < 4.78 is 52.1. The van der Waals surface area contributed by atoms with Crippen molar-refractivity contribution in [1.29, 1.82) is 0 Å². The number of nitrogens with one attached hydrogen (secondary N) is 1. The molecule has 0 spiro atoms. The molecule has 3 rings (SSSR count). The van der Waals surface area contributed by atoms with Crippen molar-refractivity contribution in [2.75, 3.05) is 19.5 Å². The fourth-order valence-corrected chi connectivity index (χ4v) is 3.65. The molecule has 7 nitrogen and oxygen atoms in total. The Balaban J connectivity index is 1.84. The van der Waals surface area contributed by atoms with Crippen LogP contribution in [0.4, 0.5) is 19.0 Å². The molecular weight excluding hydrogens is 477 g/mol. The van der Waals surface area contributed by atoms with Crippen molar-refractivity contribution in [3.05, 3.63) is 71.4 Å². The van der Waals surface area contributed by atoms with Gasteiger partial charge in [0.2, 0.25) is 0 Å². The minimum atomic E-state index is -4.76. The Hall–Kier alpha value is -3.79. The first kappa shape index (κ1) is 26.8. The second-order valence-electron chi connectivity index (χ2n) is 8.56. The van der Waals surface area contributed by atoms with Gasteiger partial charge in [-0.1, -0.05) is 12.1 Å². The zero-order valence-corrected chi connectivity index (χ0v) is 20.3. The first-order valence-corrected chi connectivity index (χ1v) is 10.9. The van der Waals surface area contributed by atoms with Crippen LogP contribution in [0, 0.1) is 0 Å². The first-order valence-electron chi connectivity index (χ1n) is 10.9. The number of aromatic nitrogens is 1. The highest BCUT2D eigenvalue weighted by Crippen LogP contribution is 2.39. The van der Waals surface area contributed by atoms with Gasteiger partial charge in [-0.25, -0.2) is 4.98 Å².